The summed E-state index contributed by atoms with van der Waals surface area (Å²) in [7, 11) is 2.78. The highest BCUT2D eigenvalue weighted by Gasteiger charge is 2.31. The number of carbonyl (C=O) groups excluding carboxylic acids is 1. The van der Waals surface area contributed by atoms with Gasteiger partial charge in [0.1, 0.15) is 17.9 Å². The van der Waals surface area contributed by atoms with E-state index in [1.165, 1.54) is 19.8 Å². The minimum absolute atomic E-state index is 0.0523. The Kier molecular flexibility index (Phi) is 7.82. The van der Waals surface area contributed by atoms with Gasteiger partial charge in [-0.25, -0.2) is 4.79 Å². The van der Waals surface area contributed by atoms with Gasteiger partial charge in [0.15, 0.2) is 11.5 Å². The lowest BCUT2D eigenvalue weighted by Gasteiger charge is -2.22. The third-order valence-corrected chi connectivity index (χ3v) is 6.40. The molecule has 4 rings (SSSR count). The first-order valence-corrected chi connectivity index (χ1v) is 12.0. The summed E-state index contributed by atoms with van der Waals surface area (Å²) in [6.07, 6.45) is -0.222. The second-order valence-corrected chi connectivity index (χ2v) is 9.04. The van der Waals surface area contributed by atoms with E-state index in [9.17, 15) is 14.7 Å². The summed E-state index contributed by atoms with van der Waals surface area (Å²) < 4.78 is 22.2. The fraction of sp³-hybridized carbons (Fsp3) is 0.267. The van der Waals surface area contributed by atoms with Crippen molar-refractivity contribution in [3.63, 3.8) is 0 Å². The van der Waals surface area contributed by atoms with Gasteiger partial charge in [0, 0.05) is 11.5 Å². The Morgan fingerprint density at radius 1 is 0.973 bits per heavy atom. The highest BCUT2D eigenvalue weighted by atomic mass is 16.5. The van der Waals surface area contributed by atoms with Gasteiger partial charge in [0.2, 0.25) is 0 Å². The summed E-state index contributed by atoms with van der Waals surface area (Å²) >= 11 is 0. The van der Waals surface area contributed by atoms with Crippen LogP contribution >= 0.6 is 0 Å². The van der Waals surface area contributed by atoms with E-state index in [1.54, 1.807) is 42.5 Å². The molecule has 0 radical (unpaired) electrons. The summed E-state index contributed by atoms with van der Waals surface area (Å²) in [6, 6.07) is 20.0. The van der Waals surface area contributed by atoms with E-state index >= 15 is 0 Å². The third kappa shape index (κ3) is 5.45. The zero-order valence-corrected chi connectivity index (χ0v) is 21.3. The first-order chi connectivity index (χ1) is 17.8. The molecule has 0 amide bonds. The Bertz CT molecular complexity index is 1450. The monoisotopic (exact) mass is 502 g/mol. The Balaban J connectivity index is 1.82. The fourth-order valence-electron chi connectivity index (χ4n) is 4.35. The molecule has 0 saturated carbocycles. The van der Waals surface area contributed by atoms with Crippen molar-refractivity contribution in [1.29, 1.82) is 0 Å². The molecule has 4 aromatic rings. The summed E-state index contributed by atoms with van der Waals surface area (Å²) in [6.45, 7) is 4.49. The molecule has 0 fully saturated rings. The van der Waals surface area contributed by atoms with Crippen molar-refractivity contribution in [2.24, 2.45) is 0 Å². The van der Waals surface area contributed by atoms with Crippen molar-refractivity contribution in [3.05, 3.63) is 99.4 Å². The quantitative estimate of drug-likeness (QED) is 0.225. The normalized spacial score (nSPS) is 11.9. The first-order valence-electron chi connectivity index (χ1n) is 12.0. The molecule has 1 heterocycles. The summed E-state index contributed by atoms with van der Waals surface area (Å²) in [5.41, 5.74) is 2.10. The second kappa shape index (κ2) is 11.2. The molecule has 7 heteroatoms. The van der Waals surface area contributed by atoms with Crippen LogP contribution in [0.25, 0.3) is 11.0 Å². The lowest BCUT2D eigenvalue weighted by molar-refractivity contribution is -0.140. The lowest BCUT2D eigenvalue weighted by Crippen LogP contribution is -2.19. The van der Waals surface area contributed by atoms with Crippen LogP contribution in [0.4, 0.5) is 0 Å². The average molecular weight is 503 g/mol. The lowest BCUT2D eigenvalue weighted by atomic mass is 9.87. The van der Waals surface area contributed by atoms with Crippen LogP contribution in [-0.2, 0) is 16.1 Å². The second-order valence-electron chi connectivity index (χ2n) is 9.04. The van der Waals surface area contributed by atoms with E-state index in [-0.39, 0.29) is 29.9 Å². The van der Waals surface area contributed by atoms with Crippen LogP contribution in [0.2, 0.25) is 0 Å². The summed E-state index contributed by atoms with van der Waals surface area (Å²) in [4.78, 5) is 25.6. The van der Waals surface area contributed by atoms with Gasteiger partial charge >= 0.3 is 11.6 Å². The maximum absolute atomic E-state index is 13.1. The van der Waals surface area contributed by atoms with Crippen molar-refractivity contribution in [1.82, 2.24) is 0 Å². The molecule has 1 atom stereocenters. The summed E-state index contributed by atoms with van der Waals surface area (Å²) in [5, 5.41) is 11.5. The topological polar surface area (TPSA) is 95.2 Å². The smallest absolute Gasteiger partial charge is 0.343 e. The van der Waals surface area contributed by atoms with Gasteiger partial charge in [-0.2, -0.15) is 0 Å². The minimum atomic E-state index is -0.915. The number of esters is 1. The van der Waals surface area contributed by atoms with Gasteiger partial charge in [-0.05, 0) is 35.2 Å². The van der Waals surface area contributed by atoms with Crippen LogP contribution < -0.4 is 15.1 Å². The number of aromatic hydroxyl groups is 1. The number of fused-ring (bicyclic) bond motifs is 1. The molecule has 0 unspecified atom stereocenters. The van der Waals surface area contributed by atoms with E-state index in [1.807, 2.05) is 12.1 Å². The fourth-order valence-corrected chi connectivity index (χ4v) is 4.35. The number of benzene rings is 3. The molecule has 0 aliphatic rings. The number of para-hydroxylation sites is 2. The number of ether oxygens (including phenoxy) is 3. The zero-order chi connectivity index (χ0) is 26.5. The standard InChI is InChI=1S/C30H30O7/c1-18(2)20-14-12-19(13-15-20)17-36-29-21(9-7-11-25(29)34-3)23(16-26(31)35-4)27-28(32)22-8-5-6-10-24(22)37-30(27)33/h5-15,18,23,32H,16-17H2,1-4H3/t23-/m0/s1. The molecule has 0 bridgehead atoms. The number of methoxy groups -OCH3 is 2. The highest BCUT2D eigenvalue weighted by molar-refractivity contribution is 5.85. The van der Waals surface area contributed by atoms with Gasteiger partial charge in [-0.1, -0.05) is 62.4 Å². The molecule has 7 nitrogen and oxygen atoms in total. The molecule has 3 aromatic carbocycles. The van der Waals surface area contributed by atoms with E-state index < -0.39 is 17.5 Å². The van der Waals surface area contributed by atoms with Crippen LogP contribution in [0, 0.1) is 0 Å². The molecule has 37 heavy (non-hydrogen) atoms. The van der Waals surface area contributed by atoms with E-state index in [4.69, 9.17) is 18.6 Å². The van der Waals surface area contributed by atoms with E-state index in [0.717, 1.165) is 5.56 Å². The summed E-state index contributed by atoms with van der Waals surface area (Å²) in [5.74, 6) is -0.527. The van der Waals surface area contributed by atoms with Gasteiger partial charge in [-0.15, -0.1) is 0 Å². The van der Waals surface area contributed by atoms with Gasteiger partial charge in [0.05, 0.1) is 31.6 Å². The number of hydrogen-bond acceptors (Lipinski definition) is 7. The molecule has 1 aromatic heterocycles. The Hall–Kier alpha value is -4.26. The van der Waals surface area contributed by atoms with Crippen molar-refractivity contribution in [2.75, 3.05) is 14.2 Å². The highest BCUT2D eigenvalue weighted by Crippen LogP contribution is 2.43. The Morgan fingerprint density at radius 2 is 1.70 bits per heavy atom. The maximum atomic E-state index is 13.1. The molecule has 0 aliphatic heterocycles. The van der Waals surface area contributed by atoms with E-state index in [0.29, 0.717) is 28.4 Å². The predicted octanol–water partition coefficient (Wildman–Crippen LogP) is 5.90. The number of carbonyl (C=O) groups is 1. The van der Waals surface area contributed by atoms with Crippen molar-refractivity contribution < 1.29 is 28.5 Å². The molecule has 0 spiro atoms. The Morgan fingerprint density at radius 3 is 2.38 bits per heavy atom. The van der Waals surface area contributed by atoms with Crippen molar-refractivity contribution in [3.8, 4) is 17.2 Å². The van der Waals surface area contributed by atoms with Crippen molar-refractivity contribution in [2.45, 2.75) is 38.7 Å². The van der Waals surface area contributed by atoms with Gasteiger partial charge in [0.25, 0.3) is 0 Å². The van der Waals surface area contributed by atoms with Crippen LogP contribution in [0.5, 0.6) is 17.2 Å². The zero-order valence-electron chi connectivity index (χ0n) is 21.3. The number of hydrogen-bond donors (Lipinski definition) is 1. The van der Waals surface area contributed by atoms with Crippen LogP contribution in [0.15, 0.2) is 75.9 Å². The molecule has 0 aliphatic carbocycles. The largest absolute Gasteiger partial charge is 0.507 e. The molecule has 0 saturated heterocycles. The predicted molar refractivity (Wildman–Crippen MR) is 140 cm³/mol. The van der Waals surface area contributed by atoms with Crippen molar-refractivity contribution >= 4 is 16.9 Å². The maximum Gasteiger partial charge on any atom is 0.343 e. The van der Waals surface area contributed by atoms with E-state index in [2.05, 4.69) is 26.0 Å². The molecule has 192 valence electrons. The van der Waals surface area contributed by atoms with Crippen LogP contribution in [-0.4, -0.2) is 25.3 Å². The minimum Gasteiger partial charge on any atom is -0.507 e. The van der Waals surface area contributed by atoms with Crippen LogP contribution in [0.1, 0.15) is 54.4 Å². The molecular weight excluding hydrogens is 472 g/mol. The average Bonchev–Trinajstić information content (AvgIpc) is 2.91. The van der Waals surface area contributed by atoms with Gasteiger partial charge in [-0.3, -0.25) is 4.79 Å². The Labute approximate surface area is 215 Å². The van der Waals surface area contributed by atoms with Gasteiger partial charge < -0.3 is 23.7 Å². The molecule has 1 N–H and O–H groups in total. The third-order valence-electron chi connectivity index (χ3n) is 6.40. The first kappa shape index (κ1) is 25.8. The SMILES string of the molecule is COC(=O)C[C@@H](c1cccc(OC)c1OCc1ccc(C(C)C)cc1)c1c(O)c2ccccc2oc1=O. The van der Waals surface area contributed by atoms with Crippen LogP contribution in [0.3, 0.4) is 0 Å². The number of rotatable bonds is 9. The molecular formula is C30H30O7.